The van der Waals surface area contributed by atoms with Crippen LogP contribution in [0.5, 0.6) is 0 Å². The van der Waals surface area contributed by atoms with Crippen LogP contribution in [0.4, 0.5) is 17.1 Å². The van der Waals surface area contributed by atoms with Crippen molar-refractivity contribution in [2.45, 2.75) is 0 Å². The number of thiophene rings is 1. The van der Waals surface area contributed by atoms with Crippen molar-refractivity contribution < 1.29 is 4.42 Å². The van der Waals surface area contributed by atoms with Crippen molar-refractivity contribution in [1.29, 1.82) is 0 Å². The van der Waals surface area contributed by atoms with Gasteiger partial charge in [-0.2, -0.15) is 0 Å². The van der Waals surface area contributed by atoms with Crippen molar-refractivity contribution in [3.05, 3.63) is 200 Å². The molecule has 57 heavy (non-hydrogen) atoms. The van der Waals surface area contributed by atoms with Gasteiger partial charge in [0.05, 0.1) is 0 Å². The molecule has 0 aliphatic rings. The predicted octanol–water partition coefficient (Wildman–Crippen LogP) is 16.2. The maximum Gasteiger partial charge on any atom is 0.135 e. The number of rotatable bonds is 5. The third-order valence-corrected chi connectivity index (χ3v) is 12.8. The number of hydrogen-bond acceptors (Lipinski definition) is 3. The Bertz CT molecular complexity index is 3490. The van der Waals surface area contributed by atoms with E-state index in [1.54, 1.807) is 0 Å². The fourth-order valence-corrected chi connectivity index (χ4v) is 9.99. The molecule has 0 N–H and O–H groups in total. The molecule has 2 aromatic heterocycles. The van der Waals surface area contributed by atoms with Crippen molar-refractivity contribution in [3.8, 4) is 22.3 Å². The van der Waals surface area contributed by atoms with Gasteiger partial charge in [-0.1, -0.05) is 127 Å². The largest absolute Gasteiger partial charge is 0.456 e. The van der Waals surface area contributed by atoms with Crippen molar-refractivity contribution in [1.82, 2.24) is 0 Å². The van der Waals surface area contributed by atoms with Crippen molar-refractivity contribution in [2.24, 2.45) is 0 Å². The van der Waals surface area contributed by atoms with Crippen LogP contribution >= 0.6 is 11.3 Å². The molecule has 0 atom stereocenters. The number of anilines is 3. The first-order valence-electron chi connectivity index (χ1n) is 19.4. The van der Waals surface area contributed by atoms with Crippen LogP contribution in [0.25, 0.3) is 96.7 Å². The molecule has 266 valence electrons. The first-order valence-corrected chi connectivity index (χ1v) is 20.2. The summed E-state index contributed by atoms with van der Waals surface area (Å²) in [5.41, 5.74) is 9.78. The second kappa shape index (κ2) is 12.7. The summed E-state index contributed by atoms with van der Waals surface area (Å²) in [6, 6.07) is 72.8. The van der Waals surface area contributed by atoms with E-state index in [0.29, 0.717) is 0 Å². The smallest absolute Gasteiger partial charge is 0.135 e. The molecule has 0 amide bonds. The van der Waals surface area contributed by atoms with Gasteiger partial charge < -0.3 is 9.32 Å². The quantitative estimate of drug-likeness (QED) is 0.163. The molecule has 12 rings (SSSR count). The molecule has 0 saturated heterocycles. The first kappa shape index (κ1) is 32.1. The Balaban J connectivity index is 1.04. The molecule has 3 heteroatoms. The zero-order chi connectivity index (χ0) is 37.5. The lowest BCUT2D eigenvalue weighted by Crippen LogP contribution is -2.10. The SMILES string of the molecule is c1ccc(-c2ccc(N(c3ccc4oc5ccc(-c6ccc7sc8ccccc8c7c6)cc5c4c3)c3ccc4c5ccccc5c5ccccc5c4c3)cc2)cc1. The van der Waals surface area contributed by atoms with Crippen LogP contribution in [0, 0.1) is 0 Å². The standard InChI is InChI=1S/C54H33NOS/c1-2-10-34(11-3-1)35-18-22-38(23-19-35)55(39-24-26-45-43-14-5-4-12-41(43)42-13-6-7-15-44(42)47(45)32-39)40-25-28-52-49(33-40)48-30-36(20-27-51(48)56-52)37-21-29-54-50(31-37)46-16-8-9-17-53(46)57-54/h1-33H. The molecule has 0 fully saturated rings. The van der Waals surface area contributed by atoms with Crippen LogP contribution in [-0.2, 0) is 0 Å². The van der Waals surface area contributed by atoms with Gasteiger partial charge in [0.15, 0.2) is 0 Å². The van der Waals surface area contributed by atoms with Crippen molar-refractivity contribution >= 4 is 103 Å². The Morgan fingerprint density at radius 1 is 0.281 bits per heavy atom. The van der Waals surface area contributed by atoms with Crippen LogP contribution in [0.1, 0.15) is 0 Å². The Kier molecular flexibility index (Phi) is 7.13. The van der Waals surface area contributed by atoms with E-state index in [2.05, 4.69) is 205 Å². The summed E-state index contributed by atoms with van der Waals surface area (Å²) in [6.07, 6.45) is 0. The van der Waals surface area contributed by atoms with E-state index in [4.69, 9.17) is 4.42 Å². The van der Waals surface area contributed by atoms with Gasteiger partial charge in [0.1, 0.15) is 11.2 Å². The van der Waals surface area contributed by atoms with Crippen LogP contribution < -0.4 is 4.90 Å². The molecule has 10 aromatic carbocycles. The van der Waals surface area contributed by atoms with E-state index < -0.39 is 0 Å². The number of fused-ring (bicyclic) bond motifs is 12. The molecule has 2 nitrogen and oxygen atoms in total. The second-order valence-corrected chi connectivity index (χ2v) is 16.0. The first-order chi connectivity index (χ1) is 28.2. The maximum absolute atomic E-state index is 6.50. The topological polar surface area (TPSA) is 16.4 Å². The highest BCUT2D eigenvalue weighted by Gasteiger charge is 2.18. The maximum atomic E-state index is 6.50. The van der Waals surface area contributed by atoms with Gasteiger partial charge in [0.2, 0.25) is 0 Å². The molecular weight excluding hydrogens is 711 g/mol. The van der Waals surface area contributed by atoms with Crippen molar-refractivity contribution in [3.63, 3.8) is 0 Å². The van der Waals surface area contributed by atoms with Gasteiger partial charge in [-0.05, 0) is 127 Å². The molecule has 12 aromatic rings. The molecule has 0 spiro atoms. The summed E-state index contributed by atoms with van der Waals surface area (Å²) >= 11 is 1.85. The highest BCUT2D eigenvalue weighted by Crippen LogP contribution is 2.44. The Hall–Kier alpha value is -7.20. The summed E-state index contributed by atoms with van der Waals surface area (Å²) in [5.74, 6) is 0. The summed E-state index contributed by atoms with van der Waals surface area (Å²) < 4.78 is 9.13. The van der Waals surface area contributed by atoms with Crippen molar-refractivity contribution in [2.75, 3.05) is 4.90 Å². The number of hydrogen-bond donors (Lipinski definition) is 0. The highest BCUT2D eigenvalue weighted by molar-refractivity contribution is 7.25. The molecule has 0 bridgehead atoms. The van der Waals surface area contributed by atoms with E-state index in [-0.39, 0.29) is 0 Å². The number of nitrogens with zero attached hydrogens (tertiary/aromatic N) is 1. The summed E-state index contributed by atoms with van der Waals surface area (Å²) in [6.45, 7) is 0. The fraction of sp³-hybridized carbons (Fsp3) is 0. The molecule has 0 unspecified atom stereocenters. The molecule has 0 saturated carbocycles. The van der Waals surface area contributed by atoms with Gasteiger partial charge in [-0.3, -0.25) is 0 Å². The Morgan fingerprint density at radius 3 is 1.46 bits per heavy atom. The van der Waals surface area contributed by atoms with Gasteiger partial charge in [-0.25, -0.2) is 0 Å². The zero-order valence-electron chi connectivity index (χ0n) is 30.8. The van der Waals surface area contributed by atoms with Gasteiger partial charge in [-0.15, -0.1) is 11.3 Å². The average Bonchev–Trinajstić information content (AvgIpc) is 3.84. The van der Waals surface area contributed by atoms with E-state index in [1.807, 2.05) is 11.3 Å². The average molecular weight is 744 g/mol. The second-order valence-electron chi connectivity index (χ2n) is 14.9. The van der Waals surface area contributed by atoms with E-state index in [0.717, 1.165) is 39.0 Å². The lowest BCUT2D eigenvalue weighted by atomic mass is 9.94. The lowest BCUT2D eigenvalue weighted by molar-refractivity contribution is 0.669. The fourth-order valence-electron chi connectivity index (χ4n) is 8.91. The predicted molar refractivity (Wildman–Crippen MR) is 245 cm³/mol. The number of benzene rings is 10. The van der Waals surface area contributed by atoms with Gasteiger partial charge >= 0.3 is 0 Å². The Morgan fingerprint density at radius 2 is 0.737 bits per heavy atom. The molecule has 0 radical (unpaired) electrons. The minimum atomic E-state index is 0.875. The molecule has 0 aliphatic carbocycles. The van der Waals surface area contributed by atoms with E-state index in [1.165, 1.54) is 74.7 Å². The van der Waals surface area contributed by atoms with Crippen LogP contribution in [0.2, 0.25) is 0 Å². The van der Waals surface area contributed by atoms with Gasteiger partial charge in [0.25, 0.3) is 0 Å². The monoisotopic (exact) mass is 743 g/mol. The minimum absolute atomic E-state index is 0.875. The van der Waals surface area contributed by atoms with E-state index in [9.17, 15) is 0 Å². The summed E-state index contributed by atoms with van der Waals surface area (Å²) in [7, 11) is 0. The third-order valence-electron chi connectivity index (χ3n) is 11.6. The zero-order valence-corrected chi connectivity index (χ0v) is 31.6. The lowest BCUT2D eigenvalue weighted by Gasteiger charge is -2.26. The van der Waals surface area contributed by atoms with Crippen LogP contribution in [0.15, 0.2) is 205 Å². The minimum Gasteiger partial charge on any atom is -0.456 e. The Labute approximate surface area is 333 Å². The summed E-state index contributed by atoms with van der Waals surface area (Å²) in [4.78, 5) is 2.38. The normalized spacial score (nSPS) is 11.9. The molecular formula is C54H33NOS. The molecule has 2 heterocycles. The van der Waals surface area contributed by atoms with Gasteiger partial charge in [0, 0.05) is 48.0 Å². The van der Waals surface area contributed by atoms with E-state index >= 15 is 0 Å². The third kappa shape index (κ3) is 5.17. The summed E-state index contributed by atoms with van der Waals surface area (Å²) in [5, 5.41) is 12.4. The number of furan rings is 1. The molecule has 0 aliphatic heterocycles. The van der Waals surface area contributed by atoms with Crippen LogP contribution in [-0.4, -0.2) is 0 Å². The van der Waals surface area contributed by atoms with Crippen LogP contribution in [0.3, 0.4) is 0 Å². The highest BCUT2D eigenvalue weighted by atomic mass is 32.1.